The molecule has 0 amide bonds. The van der Waals surface area contributed by atoms with Crippen molar-refractivity contribution in [1.29, 1.82) is 0 Å². The molecule has 0 heterocycles. The van der Waals surface area contributed by atoms with Crippen LogP contribution in [0.3, 0.4) is 0 Å². The van der Waals surface area contributed by atoms with Crippen molar-refractivity contribution in [3.05, 3.63) is 0 Å². The molecule has 0 aromatic heterocycles. The van der Waals surface area contributed by atoms with Crippen LogP contribution in [0.15, 0.2) is 14.3 Å². The van der Waals surface area contributed by atoms with E-state index in [0.29, 0.717) is 12.3 Å². The van der Waals surface area contributed by atoms with Crippen LogP contribution in [0.25, 0.3) is 0 Å². The first-order chi connectivity index (χ1) is 6.62. The molecule has 0 rings (SSSR count). The average molecular weight is 263 g/mol. The third-order valence-electron chi connectivity index (χ3n) is 2.11. The Balaban J connectivity index is 5.92. The summed E-state index contributed by atoms with van der Waals surface area (Å²) in [5.41, 5.74) is 0. The second kappa shape index (κ2) is 5.65. The van der Waals surface area contributed by atoms with Gasteiger partial charge in [-0.2, -0.15) is 0 Å². The number of hydrogen-bond acceptors (Lipinski definition) is 6. The van der Waals surface area contributed by atoms with Crippen LogP contribution in [0.1, 0.15) is 13.8 Å². The Kier molecular flexibility index (Phi) is 5.58. The Bertz CT molecular complexity index is 306. The molecule has 0 atom stereocenters. The van der Waals surface area contributed by atoms with Crippen LogP contribution in [0.2, 0.25) is 0 Å². The molecule has 0 radical (unpaired) electrons. The molecule has 3 nitrogen and oxygen atoms in total. The van der Waals surface area contributed by atoms with Crippen molar-refractivity contribution < 1.29 is 0 Å². The molecule has 0 aromatic carbocycles. The number of isothiocyanates is 3. The van der Waals surface area contributed by atoms with Gasteiger partial charge < -0.3 is 0 Å². The van der Waals surface area contributed by atoms with Gasteiger partial charge in [0.05, 0.1) is 0 Å². The third kappa shape index (κ3) is 2.66. The predicted molar refractivity (Wildman–Crippen MR) is 73.1 cm³/mol. The molecule has 0 aromatic rings. The van der Waals surface area contributed by atoms with Crippen LogP contribution < -0.4 is 0 Å². The number of hydrogen-bond donors (Lipinski definition) is 0. The molecule has 0 N–H and O–H groups in total. The fourth-order valence-electron chi connectivity index (χ4n) is 0.998. The van der Waals surface area contributed by atoms with Crippen molar-refractivity contribution in [3.8, 4) is 0 Å². The Hall–Kier alpha value is -0.170. The summed E-state index contributed by atoms with van der Waals surface area (Å²) in [6, 6.07) is 0. The topological polar surface area (TPSA) is 37.1 Å². The molecule has 0 unspecified atom stereocenters. The maximum atomic E-state index is 4.61. The van der Waals surface area contributed by atoms with E-state index in [1.165, 1.54) is 0 Å². The fraction of sp³-hybridized carbons (Fsp3) is 0.571. The van der Waals surface area contributed by atoms with Gasteiger partial charge in [-0.3, -0.25) is 0 Å². The summed E-state index contributed by atoms with van der Waals surface area (Å²) in [6.07, 6.45) is 1.22. The van der Waals surface area contributed by atoms with E-state index in [-0.39, 0.29) is 0 Å². The van der Waals surface area contributed by atoms with E-state index in [0.717, 1.165) is 0 Å². The molecule has 0 saturated heterocycles. The van der Waals surface area contributed by atoms with Gasteiger partial charge in [-0.15, -0.1) is 0 Å². The van der Waals surface area contributed by atoms with Crippen LogP contribution in [0.5, 0.6) is 0 Å². The zero-order valence-corrected chi connectivity index (χ0v) is 11.3. The summed E-state index contributed by atoms with van der Waals surface area (Å²) in [4.78, 5) is 0. The molecule has 0 spiro atoms. The first kappa shape index (κ1) is 13.8. The monoisotopic (exact) mass is 263 g/mol. The van der Waals surface area contributed by atoms with Gasteiger partial charge in [-0.05, 0) is 0 Å². The summed E-state index contributed by atoms with van der Waals surface area (Å²) < 4.78 is 12.3. The van der Waals surface area contributed by atoms with Crippen LogP contribution in [-0.2, 0) is 0 Å². The van der Waals surface area contributed by atoms with Crippen molar-refractivity contribution in [2.75, 3.05) is 12.3 Å². The summed E-state index contributed by atoms with van der Waals surface area (Å²) in [5, 5.41) is 6.98. The van der Waals surface area contributed by atoms with Gasteiger partial charge in [-0.25, -0.2) is 0 Å². The number of nitrogens with zero attached hydrogens (tertiary/aromatic N) is 3. The Morgan fingerprint density at radius 3 is 1.29 bits per heavy atom. The zero-order chi connectivity index (χ0) is 11.1. The molecule has 76 valence electrons. The molecule has 0 fully saturated rings. The third-order valence-corrected chi connectivity index (χ3v) is 7.07. The number of rotatable bonds is 5. The SMILES string of the molecule is CCP(CC)(N=C=S)(N=C=S)N=C=S. The minimum atomic E-state index is -3.04. The summed E-state index contributed by atoms with van der Waals surface area (Å²) in [7, 11) is -3.04. The van der Waals surface area contributed by atoms with E-state index in [1.54, 1.807) is 0 Å². The van der Waals surface area contributed by atoms with E-state index in [2.05, 4.69) is 66.4 Å². The Labute approximate surface area is 99.5 Å². The molecule has 0 aliphatic carbocycles. The molecular formula is C7H10N3PS3. The van der Waals surface area contributed by atoms with E-state index in [4.69, 9.17) is 0 Å². The van der Waals surface area contributed by atoms with Crippen LogP contribution >= 0.6 is 43.7 Å². The van der Waals surface area contributed by atoms with Crippen molar-refractivity contribution in [2.24, 2.45) is 14.3 Å². The van der Waals surface area contributed by atoms with Crippen LogP contribution in [-0.4, -0.2) is 27.8 Å². The average Bonchev–Trinajstić information content (AvgIpc) is 2.19. The second-order valence-electron chi connectivity index (χ2n) is 2.55. The van der Waals surface area contributed by atoms with Crippen molar-refractivity contribution >= 4 is 59.2 Å². The normalized spacial score (nSPS) is 12.3. The maximum absolute atomic E-state index is 4.61. The molecule has 7 heteroatoms. The van der Waals surface area contributed by atoms with Gasteiger partial charge >= 0.3 is 99.7 Å². The van der Waals surface area contributed by atoms with E-state index < -0.39 is 7.06 Å². The van der Waals surface area contributed by atoms with Crippen molar-refractivity contribution in [2.45, 2.75) is 13.8 Å². The van der Waals surface area contributed by atoms with E-state index in [1.807, 2.05) is 13.8 Å². The van der Waals surface area contributed by atoms with Gasteiger partial charge in [-0.1, -0.05) is 0 Å². The molecular weight excluding hydrogens is 253 g/mol. The summed E-state index contributed by atoms with van der Waals surface area (Å²) in [5.74, 6) is 0. The Morgan fingerprint density at radius 1 is 0.857 bits per heavy atom. The second-order valence-corrected chi connectivity index (χ2v) is 7.64. The molecule has 0 aliphatic rings. The van der Waals surface area contributed by atoms with Crippen molar-refractivity contribution in [3.63, 3.8) is 0 Å². The minimum absolute atomic E-state index is 0.610. The van der Waals surface area contributed by atoms with Gasteiger partial charge in [0.25, 0.3) is 0 Å². The fourth-order valence-corrected chi connectivity index (χ4v) is 4.69. The molecule has 0 aliphatic heterocycles. The van der Waals surface area contributed by atoms with E-state index >= 15 is 0 Å². The first-order valence-corrected chi connectivity index (χ1v) is 7.62. The van der Waals surface area contributed by atoms with Gasteiger partial charge in [0.1, 0.15) is 0 Å². The van der Waals surface area contributed by atoms with Crippen LogP contribution in [0.4, 0.5) is 0 Å². The van der Waals surface area contributed by atoms with Gasteiger partial charge in [0.2, 0.25) is 0 Å². The Morgan fingerprint density at radius 2 is 1.14 bits per heavy atom. The summed E-state index contributed by atoms with van der Waals surface area (Å²) >= 11 is 13.8. The van der Waals surface area contributed by atoms with Crippen LogP contribution in [0, 0.1) is 0 Å². The summed E-state index contributed by atoms with van der Waals surface area (Å²) in [6.45, 7) is 3.84. The molecule has 14 heavy (non-hydrogen) atoms. The first-order valence-electron chi connectivity index (χ1n) is 3.93. The van der Waals surface area contributed by atoms with E-state index in [9.17, 15) is 0 Å². The predicted octanol–water partition coefficient (Wildman–Crippen LogP) is 3.63. The molecule has 0 bridgehead atoms. The zero-order valence-electron chi connectivity index (χ0n) is 7.93. The van der Waals surface area contributed by atoms with Gasteiger partial charge in [0, 0.05) is 0 Å². The van der Waals surface area contributed by atoms with Gasteiger partial charge in [0.15, 0.2) is 0 Å². The number of thiocarbonyl (C=S) groups is 3. The molecule has 0 saturated carbocycles. The standard InChI is InChI=1S/C7H10N3PS3/c1-3-11(4-2,8-5-12,9-6-13)10-7-14/h3-4H2,1-2H3. The quantitative estimate of drug-likeness (QED) is 0.432. The van der Waals surface area contributed by atoms with Crippen molar-refractivity contribution in [1.82, 2.24) is 0 Å².